The Balaban J connectivity index is 1.90. The van der Waals surface area contributed by atoms with Gasteiger partial charge in [-0.3, -0.25) is 0 Å². The maximum absolute atomic E-state index is 3.85. The largest absolute Gasteiger partial charge is 0.300 e. The Labute approximate surface area is 122 Å². The molecule has 0 saturated carbocycles. The van der Waals surface area contributed by atoms with Gasteiger partial charge in [-0.1, -0.05) is 46.3 Å². The van der Waals surface area contributed by atoms with Crippen molar-refractivity contribution in [2.24, 2.45) is 0 Å². The molecule has 1 nitrogen and oxygen atoms in total. The summed E-state index contributed by atoms with van der Waals surface area (Å²) < 4.78 is 1.18. The van der Waals surface area contributed by atoms with Crippen molar-refractivity contribution < 1.29 is 0 Å². The van der Waals surface area contributed by atoms with Gasteiger partial charge in [0.15, 0.2) is 0 Å². The molecule has 2 aliphatic heterocycles. The molecule has 2 bridgehead atoms. The number of fused-ring (bicyclic) bond motifs is 6. The number of halogens is 1. The van der Waals surface area contributed by atoms with Gasteiger partial charge in [0, 0.05) is 16.1 Å². The standard InChI is InChI=1S/C17H16BrN/c1-17-10-11-6-7-13(18)8-12(11)9-16(19-17)14-4-2-3-5-15(14)17/h2-8,16,19H,9-10H2,1H3. The molecule has 2 atom stereocenters. The van der Waals surface area contributed by atoms with Gasteiger partial charge >= 0.3 is 0 Å². The van der Waals surface area contributed by atoms with Crippen molar-refractivity contribution in [3.63, 3.8) is 0 Å². The van der Waals surface area contributed by atoms with Crippen LogP contribution in [0.2, 0.25) is 0 Å². The van der Waals surface area contributed by atoms with Gasteiger partial charge in [-0.15, -0.1) is 0 Å². The minimum atomic E-state index is 0.0837. The molecule has 2 unspecified atom stereocenters. The molecule has 0 fully saturated rings. The highest BCUT2D eigenvalue weighted by molar-refractivity contribution is 9.10. The fourth-order valence-corrected chi connectivity index (χ4v) is 4.12. The Kier molecular flexibility index (Phi) is 2.42. The second kappa shape index (κ2) is 3.94. The average molecular weight is 314 g/mol. The topological polar surface area (TPSA) is 12.0 Å². The first kappa shape index (κ1) is 11.7. The van der Waals surface area contributed by atoms with E-state index in [1.807, 2.05) is 0 Å². The third-order valence-electron chi connectivity index (χ3n) is 4.56. The van der Waals surface area contributed by atoms with Crippen LogP contribution in [-0.4, -0.2) is 0 Å². The number of hydrogen-bond donors (Lipinski definition) is 1. The lowest BCUT2D eigenvalue weighted by molar-refractivity contribution is 0.368. The van der Waals surface area contributed by atoms with Crippen molar-refractivity contribution in [3.8, 4) is 0 Å². The molecular formula is C17H16BrN. The Hall–Kier alpha value is -1.12. The van der Waals surface area contributed by atoms with Crippen LogP contribution in [0.4, 0.5) is 0 Å². The molecule has 2 heterocycles. The summed E-state index contributed by atoms with van der Waals surface area (Å²) in [6.07, 6.45) is 2.16. The highest BCUT2D eigenvalue weighted by atomic mass is 79.9. The fraction of sp³-hybridized carbons (Fsp3) is 0.294. The first-order chi connectivity index (χ1) is 9.16. The summed E-state index contributed by atoms with van der Waals surface area (Å²) in [6, 6.07) is 16.0. The van der Waals surface area contributed by atoms with E-state index in [1.165, 1.54) is 26.7 Å². The van der Waals surface area contributed by atoms with E-state index in [9.17, 15) is 0 Å². The number of hydrogen-bond acceptors (Lipinski definition) is 1. The predicted octanol–water partition coefficient (Wildman–Crippen LogP) is 4.11. The molecule has 19 heavy (non-hydrogen) atoms. The second-order valence-corrected chi connectivity index (χ2v) is 6.83. The van der Waals surface area contributed by atoms with Crippen LogP contribution in [0.1, 0.15) is 35.2 Å². The van der Waals surface area contributed by atoms with Gasteiger partial charge in [0.2, 0.25) is 0 Å². The lowest BCUT2D eigenvalue weighted by Crippen LogP contribution is -2.36. The van der Waals surface area contributed by atoms with Crippen LogP contribution in [0, 0.1) is 0 Å². The van der Waals surface area contributed by atoms with Gasteiger partial charge in [-0.05, 0) is 54.2 Å². The highest BCUT2D eigenvalue weighted by Crippen LogP contribution is 2.44. The molecule has 96 valence electrons. The molecule has 2 aromatic carbocycles. The summed E-state index contributed by atoms with van der Waals surface area (Å²) in [4.78, 5) is 0. The van der Waals surface area contributed by atoms with Crippen molar-refractivity contribution in [2.75, 3.05) is 0 Å². The van der Waals surface area contributed by atoms with Crippen molar-refractivity contribution in [3.05, 3.63) is 69.2 Å². The number of rotatable bonds is 0. The van der Waals surface area contributed by atoms with E-state index in [1.54, 1.807) is 0 Å². The monoisotopic (exact) mass is 313 g/mol. The molecule has 0 aromatic heterocycles. The van der Waals surface area contributed by atoms with Gasteiger partial charge < -0.3 is 5.32 Å². The molecule has 0 amide bonds. The smallest absolute Gasteiger partial charge is 0.0455 e. The summed E-state index contributed by atoms with van der Waals surface area (Å²) in [5, 5.41) is 3.85. The molecule has 2 aromatic rings. The third kappa shape index (κ3) is 1.70. The average Bonchev–Trinajstić information content (AvgIpc) is 2.57. The molecular weight excluding hydrogens is 298 g/mol. The maximum atomic E-state index is 3.85. The third-order valence-corrected chi connectivity index (χ3v) is 5.05. The van der Waals surface area contributed by atoms with Crippen molar-refractivity contribution in [1.29, 1.82) is 0 Å². The van der Waals surface area contributed by atoms with Gasteiger partial charge in [0.25, 0.3) is 0 Å². The second-order valence-electron chi connectivity index (χ2n) is 5.91. The van der Waals surface area contributed by atoms with Gasteiger partial charge in [0.1, 0.15) is 0 Å². The predicted molar refractivity (Wildman–Crippen MR) is 81.2 cm³/mol. The lowest BCUT2D eigenvalue weighted by Gasteiger charge is -2.26. The molecule has 0 radical (unpaired) electrons. The van der Waals surface area contributed by atoms with Crippen LogP contribution in [0.5, 0.6) is 0 Å². The fourth-order valence-electron chi connectivity index (χ4n) is 3.71. The number of benzene rings is 2. The maximum Gasteiger partial charge on any atom is 0.0455 e. The quantitative estimate of drug-likeness (QED) is 0.772. The summed E-state index contributed by atoms with van der Waals surface area (Å²) >= 11 is 3.59. The van der Waals surface area contributed by atoms with E-state index in [0.717, 1.165) is 12.8 Å². The lowest BCUT2D eigenvalue weighted by atomic mass is 9.82. The van der Waals surface area contributed by atoms with Gasteiger partial charge in [-0.2, -0.15) is 0 Å². The SMILES string of the molecule is CC12Cc3ccc(Br)cc3CC(N1)c1ccccc12. The first-order valence-corrected chi connectivity index (χ1v) is 7.59. The molecule has 4 rings (SSSR count). The zero-order chi connectivity index (χ0) is 13.0. The Morgan fingerprint density at radius 3 is 2.89 bits per heavy atom. The molecule has 0 saturated heterocycles. The van der Waals surface area contributed by atoms with Crippen LogP contribution < -0.4 is 5.32 Å². The molecule has 0 spiro atoms. The Bertz CT molecular complexity index is 664. The van der Waals surface area contributed by atoms with E-state index in [2.05, 4.69) is 70.6 Å². The minimum Gasteiger partial charge on any atom is -0.300 e. The minimum absolute atomic E-state index is 0.0837. The van der Waals surface area contributed by atoms with Crippen LogP contribution in [-0.2, 0) is 18.4 Å². The van der Waals surface area contributed by atoms with Crippen LogP contribution in [0.25, 0.3) is 0 Å². The molecule has 1 N–H and O–H groups in total. The van der Waals surface area contributed by atoms with E-state index in [0.29, 0.717) is 6.04 Å². The number of nitrogens with one attached hydrogen (secondary N) is 1. The van der Waals surface area contributed by atoms with E-state index in [-0.39, 0.29) is 5.54 Å². The van der Waals surface area contributed by atoms with Gasteiger partial charge in [0.05, 0.1) is 0 Å². The molecule has 0 aliphatic carbocycles. The van der Waals surface area contributed by atoms with Crippen molar-refractivity contribution in [1.82, 2.24) is 5.32 Å². The normalized spacial score (nSPS) is 27.6. The van der Waals surface area contributed by atoms with E-state index >= 15 is 0 Å². The Morgan fingerprint density at radius 1 is 1.16 bits per heavy atom. The summed E-state index contributed by atoms with van der Waals surface area (Å²) in [6.45, 7) is 2.34. The van der Waals surface area contributed by atoms with Crippen LogP contribution in [0.3, 0.4) is 0 Å². The summed E-state index contributed by atoms with van der Waals surface area (Å²) in [5.74, 6) is 0. The zero-order valence-corrected chi connectivity index (χ0v) is 12.5. The van der Waals surface area contributed by atoms with E-state index in [4.69, 9.17) is 0 Å². The Morgan fingerprint density at radius 2 is 2.00 bits per heavy atom. The van der Waals surface area contributed by atoms with Crippen molar-refractivity contribution >= 4 is 15.9 Å². The molecule has 2 heteroatoms. The summed E-state index contributed by atoms with van der Waals surface area (Å²) in [7, 11) is 0. The van der Waals surface area contributed by atoms with Crippen LogP contribution >= 0.6 is 15.9 Å². The zero-order valence-electron chi connectivity index (χ0n) is 10.9. The summed E-state index contributed by atoms with van der Waals surface area (Å²) in [5.41, 5.74) is 6.00. The van der Waals surface area contributed by atoms with Crippen LogP contribution in [0.15, 0.2) is 46.9 Å². The van der Waals surface area contributed by atoms with Gasteiger partial charge in [-0.25, -0.2) is 0 Å². The van der Waals surface area contributed by atoms with Crippen molar-refractivity contribution in [2.45, 2.75) is 31.3 Å². The highest BCUT2D eigenvalue weighted by Gasteiger charge is 2.41. The molecule has 2 aliphatic rings. The van der Waals surface area contributed by atoms with E-state index < -0.39 is 0 Å². The first-order valence-electron chi connectivity index (χ1n) is 6.80.